The molecule has 5 nitrogen and oxygen atoms in total. The van der Waals surface area contributed by atoms with Crippen LogP contribution in [0.25, 0.3) is 5.82 Å². The van der Waals surface area contributed by atoms with Gasteiger partial charge in [-0.15, -0.1) is 0 Å². The number of carboxylic acids is 1. The first-order valence-electron chi connectivity index (χ1n) is 4.49. The van der Waals surface area contributed by atoms with Crippen molar-refractivity contribution >= 4 is 5.97 Å². The molecule has 0 aliphatic carbocycles. The van der Waals surface area contributed by atoms with Crippen LogP contribution >= 0.6 is 0 Å². The molecule has 0 bridgehead atoms. The minimum atomic E-state index is -1.02. The summed E-state index contributed by atoms with van der Waals surface area (Å²) >= 11 is 0. The second-order valence-electron chi connectivity index (χ2n) is 3.09. The maximum atomic E-state index is 10.9. The highest BCUT2D eigenvalue weighted by Gasteiger charge is 2.10. The molecule has 0 atom stereocenters. The number of aromatic nitrogens is 2. The van der Waals surface area contributed by atoms with Crippen LogP contribution in [-0.2, 0) is 0 Å². The van der Waals surface area contributed by atoms with Gasteiger partial charge in [0, 0.05) is 12.4 Å². The first-order valence-corrected chi connectivity index (χ1v) is 4.49. The molecule has 0 aliphatic rings. The fourth-order valence-corrected chi connectivity index (χ4v) is 1.35. The molecule has 0 unspecified atom stereocenters. The zero-order valence-electron chi connectivity index (χ0n) is 8.16. The molecular weight excluding hydrogens is 206 g/mol. The molecule has 0 fully saturated rings. The number of pyridine rings is 1. The third-order valence-corrected chi connectivity index (χ3v) is 2.09. The predicted octanol–water partition coefficient (Wildman–Crippen LogP) is 1.44. The third kappa shape index (κ3) is 1.64. The number of hydrogen-bond acceptors (Lipinski definition) is 3. The van der Waals surface area contributed by atoms with Gasteiger partial charge in [-0.2, -0.15) is 5.26 Å². The maximum absolute atomic E-state index is 10.9. The first kappa shape index (κ1) is 9.93. The molecule has 0 radical (unpaired) electrons. The van der Waals surface area contributed by atoms with Gasteiger partial charge in [0.05, 0.1) is 5.56 Å². The van der Waals surface area contributed by atoms with Crippen LogP contribution in [-0.4, -0.2) is 20.6 Å². The lowest BCUT2D eigenvalue weighted by Crippen LogP contribution is -2.06. The maximum Gasteiger partial charge on any atom is 0.352 e. The van der Waals surface area contributed by atoms with Crippen molar-refractivity contribution in [3.8, 4) is 11.9 Å². The van der Waals surface area contributed by atoms with Gasteiger partial charge in [0.1, 0.15) is 17.6 Å². The summed E-state index contributed by atoms with van der Waals surface area (Å²) in [5.74, 6) is -0.544. The Morgan fingerprint density at radius 2 is 2.25 bits per heavy atom. The van der Waals surface area contributed by atoms with Crippen molar-refractivity contribution in [3.63, 3.8) is 0 Å². The lowest BCUT2D eigenvalue weighted by molar-refractivity contribution is 0.0688. The smallest absolute Gasteiger partial charge is 0.352 e. The third-order valence-electron chi connectivity index (χ3n) is 2.09. The quantitative estimate of drug-likeness (QED) is 0.818. The van der Waals surface area contributed by atoms with Crippen LogP contribution in [0.3, 0.4) is 0 Å². The second kappa shape index (κ2) is 3.87. The van der Waals surface area contributed by atoms with E-state index in [0.717, 1.165) is 0 Å². The molecular formula is C11H7N3O2. The van der Waals surface area contributed by atoms with E-state index in [0.29, 0.717) is 11.4 Å². The Morgan fingerprint density at radius 1 is 1.44 bits per heavy atom. The standard InChI is InChI=1S/C11H7N3O2/c12-6-8-3-4-10(13-7-8)14-5-1-2-9(14)11(15)16/h1-5,7H,(H,15,16). The molecule has 0 saturated carbocycles. The highest BCUT2D eigenvalue weighted by atomic mass is 16.4. The van der Waals surface area contributed by atoms with Crippen molar-refractivity contribution in [1.82, 2.24) is 9.55 Å². The topological polar surface area (TPSA) is 78.9 Å². The number of aromatic carboxylic acids is 1. The van der Waals surface area contributed by atoms with E-state index < -0.39 is 5.97 Å². The molecule has 2 aromatic rings. The molecule has 16 heavy (non-hydrogen) atoms. The number of rotatable bonds is 2. The Bertz CT molecular complexity index is 564. The van der Waals surface area contributed by atoms with Gasteiger partial charge in [-0.05, 0) is 24.3 Å². The van der Waals surface area contributed by atoms with E-state index in [1.807, 2.05) is 6.07 Å². The Morgan fingerprint density at radius 3 is 2.81 bits per heavy atom. The van der Waals surface area contributed by atoms with Gasteiger partial charge in [-0.3, -0.25) is 4.57 Å². The van der Waals surface area contributed by atoms with Crippen molar-refractivity contribution in [2.75, 3.05) is 0 Å². The van der Waals surface area contributed by atoms with Crippen molar-refractivity contribution in [2.45, 2.75) is 0 Å². The zero-order valence-corrected chi connectivity index (χ0v) is 8.16. The van der Waals surface area contributed by atoms with Gasteiger partial charge in [0.15, 0.2) is 0 Å². The number of hydrogen-bond donors (Lipinski definition) is 1. The molecule has 0 amide bonds. The highest BCUT2D eigenvalue weighted by Crippen LogP contribution is 2.10. The average molecular weight is 213 g/mol. The molecule has 78 valence electrons. The van der Waals surface area contributed by atoms with Crippen molar-refractivity contribution < 1.29 is 9.90 Å². The first-order chi connectivity index (χ1) is 7.72. The number of nitrogens with zero attached hydrogens (tertiary/aromatic N) is 3. The second-order valence-corrected chi connectivity index (χ2v) is 3.09. The van der Waals surface area contributed by atoms with Crippen molar-refractivity contribution in [3.05, 3.63) is 47.9 Å². The summed E-state index contributed by atoms with van der Waals surface area (Å²) < 4.78 is 1.45. The SMILES string of the molecule is N#Cc1ccc(-n2cccc2C(=O)O)nc1. The summed E-state index contributed by atoms with van der Waals surface area (Å²) in [6.07, 6.45) is 3.01. The summed E-state index contributed by atoms with van der Waals surface area (Å²) in [6.45, 7) is 0. The average Bonchev–Trinajstić information content (AvgIpc) is 2.78. The van der Waals surface area contributed by atoms with E-state index in [9.17, 15) is 4.79 Å². The summed E-state index contributed by atoms with van der Waals surface area (Å²) in [5.41, 5.74) is 0.574. The number of carbonyl (C=O) groups is 1. The molecule has 0 aliphatic heterocycles. The molecule has 2 aromatic heterocycles. The Balaban J connectivity index is 2.47. The van der Waals surface area contributed by atoms with Gasteiger partial charge >= 0.3 is 5.97 Å². The summed E-state index contributed by atoms with van der Waals surface area (Å²) in [6, 6.07) is 8.26. The monoisotopic (exact) mass is 213 g/mol. The number of nitriles is 1. The van der Waals surface area contributed by atoms with E-state index in [1.54, 1.807) is 24.4 Å². The lowest BCUT2D eigenvalue weighted by Gasteiger charge is -2.04. The van der Waals surface area contributed by atoms with Crippen LogP contribution in [0.4, 0.5) is 0 Å². The van der Waals surface area contributed by atoms with E-state index in [2.05, 4.69) is 4.98 Å². The Hall–Kier alpha value is -2.61. The van der Waals surface area contributed by atoms with Crippen LogP contribution in [0.5, 0.6) is 0 Å². The van der Waals surface area contributed by atoms with E-state index in [1.165, 1.54) is 16.8 Å². The fourth-order valence-electron chi connectivity index (χ4n) is 1.35. The molecule has 0 spiro atoms. The lowest BCUT2D eigenvalue weighted by atomic mass is 10.3. The van der Waals surface area contributed by atoms with E-state index >= 15 is 0 Å². The summed E-state index contributed by atoms with van der Waals surface area (Å²) in [5, 5.41) is 17.5. The summed E-state index contributed by atoms with van der Waals surface area (Å²) in [7, 11) is 0. The van der Waals surface area contributed by atoms with Gasteiger partial charge in [0.2, 0.25) is 0 Å². The minimum Gasteiger partial charge on any atom is -0.477 e. The van der Waals surface area contributed by atoms with Gasteiger partial charge in [0.25, 0.3) is 0 Å². The van der Waals surface area contributed by atoms with Crippen molar-refractivity contribution in [2.24, 2.45) is 0 Å². The molecule has 2 heterocycles. The number of carboxylic acid groups (broad SMARTS) is 1. The summed E-state index contributed by atoms with van der Waals surface area (Å²) in [4.78, 5) is 14.9. The van der Waals surface area contributed by atoms with Crippen LogP contribution < -0.4 is 0 Å². The van der Waals surface area contributed by atoms with Gasteiger partial charge < -0.3 is 5.11 Å². The van der Waals surface area contributed by atoms with Crippen LogP contribution in [0, 0.1) is 11.3 Å². The Labute approximate surface area is 91.2 Å². The molecule has 2 rings (SSSR count). The highest BCUT2D eigenvalue weighted by molar-refractivity contribution is 5.86. The van der Waals surface area contributed by atoms with Crippen molar-refractivity contribution in [1.29, 1.82) is 5.26 Å². The molecule has 1 N–H and O–H groups in total. The van der Waals surface area contributed by atoms with Crippen LogP contribution in [0.15, 0.2) is 36.7 Å². The molecule has 0 aromatic carbocycles. The normalized spacial score (nSPS) is 9.69. The predicted molar refractivity (Wildman–Crippen MR) is 55.2 cm³/mol. The van der Waals surface area contributed by atoms with E-state index in [4.69, 9.17) is 10.4 Å². The largest absolute Gasteiger partial charge is 0.477 e. The minimum absolute atomic E-state index is 0.136. The Kier molecular flexibility index (Phi) is 2.40. The van der Waals surface area contributed by atoms with Gasteiger partial charge in [-0.25, -0.2) is 9.78 Å². The van der Waals surface area contributed by atoms with Gasteiger partial charge in [-0.1, -0.05) is 0 Å². The van der Waals surface area contributed by atoms with E-state index in [-0.39, 0.29) is 5.69 Å². The zero-order chi connectivity index (χ0) is 11.5. The van der Waals surface area contributed by atoms with Crippen LogP contribution in [0.2, 0.25) is 0 Å². The molecule has 0 saturated heterocycles. The molecule has 5 heteroatoms. The fraction of sp³-hybridized carbons (Fsp3) is 0. The van der Waals surface area contributed by atoms with Crippen LogP contribution in [0.1, 0.15) is 16.1 Å².